The Bertz CT molecular complexity index is 382. The van der Waals surface area contributed by atoms with Gasteiger partial charge in [0.1, 0.15) is 0 Å². The smallest absolute Gasteiger partial charge is 0.0234 e. The summed E-state index contributed by atoms with van der Waals surface area (Å²) >= 11 is 2.36. The quantitative estimate of drug-likeness (QED) is 0.729. The van der Waals surface area contributed by atoms with E-state index in [0.29, 0.717) is 0 Å². The van der Waals surface area contributed by atoms with E-state index in [9.17, 15) is 0 Å². The van der Waals surface area contributed by atoms with Crippen LogP contribution in [0.25, 0.3) is 0 Å². The van der Waals surface area contributed by atoms with Crippen LogP contribution in [0.5, 0.6) is 0 Å². The second-order valence-corrected chi connectivity index (χ2v) is 6.95. The van der Waals surface area contributed by atoms with Crippen LogP contribution in [0.2, 0.25) is 0 Å². The van der Waals surface area contributed by atoms with E-state index < -0.39 is 0 Å². The highest BCUT2D eigenvalue weighted by Crippen LogP contribution is 2.09. The summed E-state index contributed by atoms with van der Waals surface area (Å²) in [7, 11) is 2.19. The van der Waals surface area contributed by atoms with Gasteiger partial charge in [0.25, 0.3) is 0 Å². The topological polar surface area (TPSA) is 30.5 Å². The second kappa shape index (κ2) is 9.74. The average molecular weight is 402 g/mol. The van der Waals surface area contributed by atoms with Crippen LogP contribution < -0.4 is 10.6 Å². The molecule has 5 heteroatoms. The van der Waals surface area contributed by atoms with Crippen LogP contribution in [0.1, 0.15) is 5.56 Å². The Morgan fingerprint density at radius 1 is 0.905 bits per heavy atom. The largest absolute Gasteiger partial charge is 0.314 e. The highest BCUT2D eigenvalue weighted by molar-refractivity contribution is 14.1. The molecule has 1 aromatic rings. The molecule has 0 amide bonds. The van der Waals surface area contributed by atoms with Crippen molar-refractivity contribution < 1.29 is 0 Å². The van der Waals surface area contributed by atoms with E-state index >= 15 is 0 Å². The molecule has 1 heterocycles. The maximum absolute atomic E-state index is 3.55. The van der Waals surface area contributed by atoms with Gasteiger partial charge >= 0.3 is 0 Å². The fourth-order valence-electron chi connectivity index (χ4n) is 2.49. The van der Waals surface area contributed by atoms with Gasteiger partial charge in [-0.15, -0.1) is 0 Å². The third-order valence-corrected chi connectivity index (χ3v) is 4.59. The lowest BCUT2D eigenvalue weighted by Gasteiger charge is -2.25. The van der Waals surface area contributed by atoms with Crippen LogP contribution in [0, 0.1) is 3.57 Å². The van der Waals surface area contributed by atoms with Crippen molar-refractivity contribution in [3.63, 3.8) is 0 Å². The number of likely N-dealkylation sites (N-methyl/N-ethyl adjacent to an activating group) is 1. The fraction of sp³-hybridized carbons (Fsp3) is 0.625. The lowest BCUT2D eigenvalue weighted by atomic mass is 10.2. The lowest BCUT2D eigenvalue weighted by Crippen LogP contribution is -2.42. The Hall–Kier alpha value is -0.210. The number of hydrogen-bond donors (Lipinski definition) is 2. The van der Waals surface area contributed by atoms with Gasteiger partial charge in [-0.1, -0.05) is 12.1 Å². The lowest BCUT2D eigenvalue weighted by molar-refractivity contribution is 0.251. The van der Waals surface area contributed by atoms with Gasteiger partial charge in [0.05, 0.1) is 0 Å². The molecule has 0 aromatic heterocycles. The molecular formula is C16H27IN4. The third-order valence-electron chi connectivity index (χ3n) is 3.87. The summed E-state index contributed by atoms with van der Waals surface area (Å²) in [5, 5.41) is 7.11. The molecule has 1 aliphatic rings. The van der Waals surface area contributed by atoms with Crippen LogP contribution in [0.3, 0.4) is 0 Å². The molecule has 0 unspecified atom stereocenters. The zero-order valence-corrected chi connectivity index (χ0v) is 15.1. The molecule has 0 spiro atoms. The summed E-state index contributed by atoms with van der Waals surface area (Å²) in [6.45, 7) is 9.80. The number of nitrogens with one attached hydrogen (secondary N) is 2. The Kier molecular flexibility index (Phi) is 7.95. The van der Waals surface area contributed by atoms with E-state index in [1.807, 2.05) is 0 Å². The van der Waals surface area contributed by atoms with Crippen LogP contribution in [-0.4, -0.2) is 69.2 Å². The van der Waals surface area contributed by atoms with Crippen molar-refractivity contribution in [2.45, 2.75) is 6.54 Å². The molecule has 0 radical (unpaired) electrons. The van der Waals surface area contributed by atoms with Crippen molar-refractivity contribution in [2.24, 2.45) is 0 Å². The molecular weight excluding hydrogens is 375 g/mol. The molecule has 1 aromatic carbocycles. The van der Waals surface area contributed by atoms with Crippen molar-refractivity contribution >= 4 is 22.6 Å². The first-order valence-electron chi connectivity index (χ1n) is 7.81. The Morgan fingerprint density at radius 2 is 1.43 bits per heavy atom. The van der Waals surface area contributed by atoms with E-state index in [-0.39, 0.29) is 0 Å². The normalized spacial score (nSPS) is 20.7. The Labute approximate surface area is 142 Å². The molecule has 1 fully saturated rings. The molecule has 0 bridgehead atoms. The maximum Gasteiger partial charge on any atom is 0.0234 e. The van der Waals surface area contributed by atoms with Gasteiger partial charge in [-0.25, -0.2) is 0 Å². The van der Waals surface area contributed by atoms with Crippen molar-refractivity contribution in [1.29, 1.82) is 0 Å². The summed E-state index contributed by atoms with van der Waals surface area (Å²) in [5.74, 6) is 0. The number of rotatable bonds is 2. The van der Waals surface area contributed by atoms with Crippen LogP contribution in [0.15, 0.2) is 24.3 Å². The SMILES string of the molecule is CN1CCNCCN(Cc2ccc(I)cc2)CCNCC1. The van der Waals surface area contributed by atoms with Gasteiger partial charge in [-0.3, -0.25) is 4.90 Å². The zero-order chi connectivity index (χ0) is 14.9. The van der Waals surface area contributed by atoms with Gasteiger partial charge in [-0.2, -0.15) is 0 Å². The van der Waals surface area contributed by atoms with Crippen molar-refractivity contribution in [2.75, 3.05) is 59.4 Å². The number of halogens is 1. The molecule has 1 saturated heterocycles. The maximum atomic E-state index is 3.55. The molecule has 2 rings (SSSR count). The number of hydrogen-bond acceptors (Lipinski definition) is 4. The minimum atomic E-state index is 1.04. The average Bonchev–Trinajstić information content (AvgIpc) is 2.47. The Balaban J connectivity index is 1.83. The van der Waals surface area contributed by atoms with Gasteiger partial charge in [0.2, 0.25) is 0 Å². The summed E-state index contributed by atoms with van der Waals surface area (Å²) in [6, 6.07) is 8.87. The van der Waals surface area contributed by atoms with Gasteiger partial charge in [0, 0.05) is 62.5 Å². The molecule has 1 aliphatic heterocycles. The van der Waals surface area contributed by atoms with Crippen molar-refractivity contribution in [3.8, 4) is 0 Å². The van der Waals surface area contributed by atoms with Crippen molar-refractivity contribution in [1.82, 2.24) is 20.4 Å². The molecule has 4 nitrogen and oxygen atoms in total. The molecule has 2 N–H and O–H groups in total. The van der Waals surface area contributed by atoms with E-state index in [2.05, 4.69) is 74.3 Å². The van der Waals surface area contributed by atoms with E-state index in [0.717, 1.165) is 58.9 Å². The van der Waals surface area contributed by atoms with E-state index in [4.69, 9.17) is 0 Å². The first-order chi connectivity index (χ1) is 10.2. The van der Waals surface area contributed by atoms with Gasteiger partial charge in [0.15, 0.2) is 0 Å². The fourth-order valence-corrected chi connectivity index (χ4v) is 2.85. The standard InChI is InChI=1S/C16H27IN4/c1-20-10-6-18-8-12-21(13-9-19-7-11-20)14-15-2-4-16(17)5-3-15/h2-5,18-19H,6-14H2,1H3. The zero-order valence-electron chi connectivity index (χ0n) is 12.9. The predicted octanol–water partition coefficient (Wildman–Crippen LogP) is 1.22. The van der Waals surface area contributed by atoms with Gasteiger partial charge < -0.3 is 15.5 Å². The number of nitrogens with zero attached hydrogens (tertiary/aromatic N) is 2. The molecule has 118 valence electrons. The Morgan fingerprint density at radius 3 is 2.00 bits per heavy atom. The summed E-state index contributed by atoms with van der Waals surface area (Å²) in [4.78, 5) is 4.92. The van der Waals surface area contributed by atoms with Crippen molar-refractivity contribution in [3.05, 3.63) is 33.4 Å². The molecule has 21 heavy (non-hydrogen) atoms. The molecule has 0 saturated carbocycles. The molecule has 0 aliphatic carbocycles. The third kappa shape index (κ3) is 7.06. The highest BCUT2D eigenvalue weighted by Gasteiger charge is 2.07. The summed E-state index contributed by atoms with van der Waals surface area (Å²) in [5.41, 5.74) is 1.40. The number of benzene rings is 1. The first-order valence-corrected chi connectivity index (χ1v) is 8.89. The minimum Gasteiger partial charge on any atom is -0.314 e. The van der Waals surface area contributed by atoms with Crippen LogP contribution in [-0.2, 0) is 6.54 Å². The van der Waals surface area contributed by atoms with Crippen LogP contribution >= 0.6 is 22.6 Å². The molecule has 0 atom stereocenters. The monoisotopic (exact) mass is 402 g/mol. The second-order valence-electron chi connectivity index (χ2n) is 5.71. The van der Waals surface area contributed by atoms with E-state index in [1.54, 1.807) is 0 Å². The van der Waals surface area contributed by atoms with E-state index in [1.165, 1.54) is 9.13 Å². The van der Waals surface area contributed by atoms with Gasteiger partial charge in [-0.05, 0) is 47.3 Å². The van der Waals surface area contributed by atoms with Crippen LogP contribution in [0.4, 0.5) is 0 Å². The predicted molar refractivity (Wildman–Crippen MR) is 97.7 cm³/mol. The minimum absolute atomic E-state index is 1.04. The summed E-state index contributed by atoms with van der Waals surface area (Å²) < 4.78 is 1.30. The highest BCUT2D eigenvalue weighted by atomic mass is 127. The first kappa shape index (κ1) is 17.1. The summed E-state index contributed by atoms with van der Waals surface area (Å²) in [6.07, 6.45) is 0.